The zero-order chi connectivity index (χ0) is 18.4. The van der Waals surface area contributed by atoms with Crippen molar-refractivity contribution in [2.24, 2.45) is 0 Å². The highest BCUT2D eigenvalue weighted by Gasteiger charge is 2.23. The average molecular weight is 369 g/mol. The summed E-state index contributed by atoms with van der Waals surface area (Å²) in [5.41, 5.74) is 1.60. The van der Waals surface area contributed by atoms with Crippen LogP contribution in [0.15, 0.2) is 60.7 Å². The molecular weight excluding hydrogens is 348 g/mol. The summed E-state index contributed by atoms with van der Waals surface area (Å²) in [6.07, 6.45) is 4.91. The molecule has 4 nitrogen and oxygen atoms in total. The zero-order valence-corrected chi connectivity index (χ0v) is 15.2. The average Bonchev–Trinajstić information content (AvgIpc) is 2.68. The van der Waals surface area contributed by atoms with Crippen molar-refractivity contribution >= 4 is 29.5 Å². The molecule has 3 rings (SSSR count). The second-order valence-corrected chi connectivity index (χ2v) is 6.76. The Labute approximate surface area is 158 Å². The van der Waals surface area contributed by atoms with E-state index in [0.29, 0.717) is 23.7 Å². The number of carbonyl (C=O) groups excluding carboxylic acids is 2. The van der Waals surface area contributed by atoms with Crippen LogP contribution < -0.4 is 5.32 Å². The third-order valence-electron chi connectivity index (χ3n) is 4.47. The van der Waals surface area contributed by atoms with Gasteiger partial charge in [0.25, 0.3) is 5.91 Å². The van der Waals surface area contributed by atoms with E-state index in [4.69, 9.17) is 11.6 Å². The summed E-state index contributed by atoms with van der Waals surface area (Å²) in [6.45, 7) is 1.28. The first-order valence-corrected chi connectivity index (χ1v) is 9.08. The third-order valence-corrected chi connectivity index (χ3v) is 4.72. The normalized spacial score (nSPS) is 15.2. The van der Waals surface area contributed by atoms with Crippen LogP contribution in [0.3, 0.4) is 0 Å². The van der Waals surface area contributed by atoms with Gasteiger partial charge in [-0.05, 0) is 48.7 Å². The van der Waals surface area contributed by atoms with Crippen LogP contribution in [-0.4, -0.2) is 35.8 Å². The lowest BCUT2D eigenvalue weighted by molar-refractivity contribution is -0.126. The minimum absolute atomic E-state index is 0.00668. The Morgan fingerprint density at radius 1 is 1.00 bits per heavy atom. The van der Waals surface area contributed by atoms with Crippen LogP contribution in [0.5, 0.6) is 0 Å². The van der Waals surface area contributed by atoms with Crippen LogP contribution in [-0.2, 0) is 4.79 Å². The molecule has 1 N–H and O–H groups in total. The van der Waals surface area contributed by atoms with Crippen LogP contribution in [0.2, 0.25) is 5.02 Å². The van der Waals surface area contributed by atoms with E-state index in [1.807, 2.05) is 35.2 Å². The molecule has 134 valence electrons. The van der Waals surface area contributed by atoms with Crippen LogP contribution in [0.25, 0.3) is 6.08 Å². The van der Waals surface area contributed by atoms with Gasteiger partial charge in [-0.2, -0.15) is 0 Å². The maximum absolute atomic E-state index is 12.3. The molecule has 0 unspecified atom stereocenters. The molecule has 1 fully saturated rings. The Bertz CT molecular complexity index is 779. The summed E-state index contributed by atoms with van der Waals surface area (Å²) in [6, 6.07) is 16.6. The summed E-state index contributed by atoms with van der Waals surface area (Å²) >= 11 is 5.86. The third kappa shape index (κ3) is 4.96. The van der Waals surface area contributed by atoms with Gasteiger partial charge in [0, 0.05) is 35.8 Å². The van der Waals surface area contributed by atoms with Crippen molar-refractivity contribution in [2.45, 2.75) is 18.9 Å². The molecule has 1 aliphatic rings. The van der Waals surface area contributed by atoms with Gasteiger partial charge >= 0.3 is 0 Å². The number of halogens is 1. The van der Waals surface area contributed by atoms with E-state index in [0.717, 1.165) is 18.4 Å². The molecule has 0 aliphatic carbocycles. The summed E-state index contributed by atoms with van der Waals surface area (Å²) in [5.74, 6) is -0.0641. The fourth-order valence-corrected chi connectivity index (χ4v) is 3.08. The monoisotopic (exact) mass is 368 g/mol. The minimum Gasteiger partial charge on any atom is -0.349 e. The van der Waals surface area contributed by atoms with Gasteiger partial charge in [0.05, 0.1) is 0 Å². The molecule has 26 heavy (non-hydrogen) atoms. The molecular formula is C21H21ClN2O2. The Morgan fingerprint density at radius 2 is 1.65 bits per heavy atom. The molecule has 1 saturated heterocycles. The molecule has 0 saturated carbocycles. The minimum atomic E-state index is -0.0574. The second-order valence-electron chi connectivity index (χ2n) is 6.32. The second kappa shape index (κ2) is 8.68. The van der Waals surface area contributed by atoms with Crippen molar-refractivity contribution in [1.29, 1.82) is 0 Å². The Balaban J connectivity index is 1.48. The van der Waals surface area contributed by atoms with Crippen molar-refractivity contribution in [3.05, 3.63) is 76.8 Å². The van der Waals surface area contributed by atoms with Crippen LogP contribution in [0, 0.1) is 0 Å². The molecule has 0 atom stereocenters. The number of likely N-dealkylation sites (tertiary alicyclic amines) is 1. The summed E-state index contributed by atoms with van der Waals surface area (Å²) in [5, 5.41) is 3.72. The molecule has 0 bridgehead atoms. The molecule has 1 heterocycles. The van der Waals surface area contributed by atoms with Gasteiger partial charge in [-0.3, -0.25) is 9.59 Å². The highest BCUT2D eigenvalue weighted by Crippen LogP contribution is 2.14. The number of piperidine rings is 1. The van der Waals surface area contributed by atoms with Gasteiger partial charge in [-0.25, -0.2) is 0 Å². The van der Waals surface area contributed by atoms with Gasteiger partial charge in [0.2, 0.25) is 5.91 Å². The van der Waals surface area contributed by atoms with Gasteiger partial charge in [0.1, 0.15) is 0 Å². The van der Waals surface area contributed by atoms with Crippen LogP contribution in [0.4, 0.5) is 0 Å². The highest BCUT2D eigenvalue weighted by atomic mass is 35.5. The lowest BCUT2D eigenvalue weighted by Crippen LogP contribution is -2.46. The SMILES string of the molecule is O=C(NC1CCN(C(=O)C=Cc2ccc(Cl)cc2)CC1)c1ccccc1. The largest absolute Gasteiger partial charge is 0.349 e. The zero-order valence-electron chi connectivity index (χ0n) is 14.4. The number of rotatable bonds is 4. The standard InChI is InChI=1S/C21H21ClN2O2/c22-18-9-6-16(7-10-18)8-11-20(25)24-14-12-19(13-15-24)23-21(26)17-4-2-1-3-5-17/h1-11,19H,12-15H2,(H,23,26). The summed E-state index contributed by atoms with van der Waals surface area (Å²) in [4.78, 5) is 26.3. The number of nitrogens with one attached hydrogen (secondary N) is 1. The summed E-state index contributed by atoms with van der Waals surface area (Å²) < 4.78 is 0. The summed E-state index contributed by atoms with van der Waals surface area (Å²) in [7, 11) is 0. The smallest absolute Gasteiger partial charge is 0.251 e. The van der Waals surface area contributed by atoms with Crippen molar-refractivity contribution in [1.82, 2.24) is 10.2 Å². The van der Waals surface area contributed by atoms with Gasteiger partial charge in [0.15, 0.2) is 0 Å². The molecule has 0 aromatic heterocycles. The molecule has 0 spiro atoms. The molecule has 1 aliphatic heterocycles. The molecule has 5 heteroatoms. The maximum Gasteiger partial charge on any atom is 0.251 e. The Morgan fingerprint density at radius 3 is 2.31 bits per heavy atom. The number of hydrogen-bond donors (Lipinski definition) is 1. The topological polar surface area (TPSA) is 49.4 Å². The van der Waals surface area contributed by atoms with Crippen LogP contribution in [0.1, 0.15) is 28.8 Å². The van der Waals surface area contributed by atoms with Crippen molar-refractivity contribution in [2.75, 3.05) is 13.1 Å². The van der Waals surface area contributed by atoms with E-state index in [-0.39, 0.29) is 17.9 Å². The van der Waals surface area contributed by atoms with E-state index < -0.39 is 0 Å². The van der Waals surface area contributed by atoms with Gasteiger partial charge < -0.3 is 10.2 Å². The Hall–Kier alpha value is -2.59. The first kappa shape index (κ1) is 18.2. The molecule has 2 aromatic rings. The van der Waals surface area contributed by atoms with Crippen molar-refractivity contribution in [3.8, 4) is 0 Å². The predicted molar refractivity (Wildman–Crippen MR) is 104 cm³/mol. The quantitative estimate of drug-likeness (QED) is 0.835. The van der Waals surface area contributed by atoms with Crippen LogP contribution >= 0.6 is 11.6 Å². The number of benzene rings is 2. The fourth-order valence-electron chi connectivity index (χ4n) is 2.95. The van der Waals surface area contributed by atoms with E-state index >= 15 is 0 Å². The number of amides is 2. The number of nitrogens with zero attached hydrogens (tertiary/aromatic N) is 1. The van der Waals surface area contributed by atoms with Crippen molar-refractivity contribution < 1.29 is 9.59 Å². The highest BCUT2D eigenvalue weighted by molar-refractivity contribution is 6.30. The maximum atomic E-state index is 12.3. The lowest BCUT2D eigenvalue weighted by Gasteiger charge is -2.31. The number of carbonyl (C=O) groups is 2. The molecule has 2 aromatic carbocycles. The fraction of sp³-hybridized carbons (Fsp3) is 0.238. The van der Waals surface area contributed by atoms with E-state index in [9.17, 15) is 9.59 Å². The van der Waals surface area contributed by atoms with Gasteiger partial charge in [-0.15, -0.1) is 0 Å². The van der Waals surface area contributed by atoms with E-state index in [1.165, 1.54) is 0 Å². The molecule has 2 amide bonds. The first-order chi connectivity index (χ1) is 12.6. The Kier molecular flexibility index (Phi) is 6.08. The van der Waals surface area contributed by atoms with E-state index in [2.05, 4.69) is 5.32 Å². The van der Waals surface area contributed by atoms with Crippen molar-refractivity contribution in [3.63, 3.8) is 0 Å². The number of hydrogen-bond acceptors (Lipinski definition) is 2. The van der Waals surface area contributed by atoms with Gasteiger partial charge in [-0.1, -0.05) is 41.9 Å². The molecule has 0 radical (unpaired) electrons. The first-order valence-electron chi connectivity index (χ1n) is 8.70. The predicted octanol–water partition coefficient (Wildman–Crippen LogP) is 3.77. The lowest BCUT2D eigenvalue weighted by atomic mass is 10.0. The van der Waals surface area contributed by atoms with E-state index in [1.54, 1.807) is 36.4 Å².